The summed E-state index contributed by atoms with van der Waals surface area (Å²) in [7, 11) is 0. The van der Waals surface area contributed by atoms with Crippen LogP contribution in [0, 0.1) is 12.7 Å². The minimum absolute atomic E-state index is 0.0183. The van der Waals surface area contributed by atoms with Crippen LogP contribution in [0.25, 0.3) is 11.1 Å². The van der Waals surface area contributed by atoms with Crippen molar-refractivity contribution in [1.82, 2.24) is 5.32 Å². The van der Waals surface area contributed by atoms with Crippen molar-refractivity contribution < 1.29 is 28.6 Å². The SMILES string of the molecule is Cc1ccc(NC(=O)C(CC(=O)O)NC(=O)OCC2c3ccccc3-c3ccccc32)cc1F. The Morgan fingerprint density at radius 1 is 1.00 bits per heavy atom. The Morgan fingerprint density at radius 3 is 2.21 bits per heavy atom. The molecule has 0 aromatic heterocycles. The number of carbonyl (C=O) groups excluding carboxylic acids is 2. The number of fused-ring (bicyclic) bond motifs is 3. The number of benzene rings is 3. The second-order valence-corrected chi connectivity index (χ2v) is 8.07. The van der Waals surface area contributed by atoms with E-state index in [0.29, 0.717) is 5.56 Å². The van der Waals surface area contributed by atoms with Crippen molar-refractivity contribution in [3.05, 3.63) is 89.2 Å². The number of nitrogens with one attached hydrogen (secondary N) is 2. The number of halogens is 1. The van der Waals surface area contributed by atoms with Crippen LogP contribution in [-0.4, -0.2) is 35.7 Å². The number of hydrogen-bond acceptors (Lipinski definition) is 4. The fourth-order valence-corrected chi connectivity index (χ4v) is 4.07. The molecule has 0 radical (unpaired) electrons. The maximum absolute atomic E-state index is 13.8. The minimum Gasteiger partial charge on any atom is -0.481 e. The van der Waals surface area contributed by atoms with Crippen LogP contribution < -0.4 is 10.6 Å². The van der Waals surface area contributed by atoms with Gasteiger partial charge in [0.25, 0.3) is 0 Å². The van der Waals surface area contributed by atoms with Crippen LogP contribution in [0.15, 0.2) is 66.7 Å². The maximum Gasteiger partial charge on any atom is 0.407 e. The highest BCUT2D eigenvalue weighted by Gasteiger charge is 2.30. The van der Waals surface area contributed by atoms with Gasteiger partial charge in [-0.05, 0) is 46.9 Å². The summed E-state index contributed by atoms with van der Waals surface area (Å²) in [5.74, 6) is -2.77. The van der Waals surface area contributed by atoms with E-state index in [9.17, 15) is 23.9 Å². The molecule has 1 aliphatic rings. The third kappa shape index (κ3) is 4.91. The molecule has 0 saturated heterocycles. The summed E-state index contributed by atoms with van der Waals surface area (Å²) in [5.41, 5.74) is 4.74. The number of carbonyl (C=O) groups is 3. The summed E-state index contributed by atoms with van der Waals surface area (Å²) in [6.07, 6.45) is -1.58. The Labute approximate surface area is 195 Å². The third-order valence-corrected chi connectivity index (χ3v) is 5.77. The number of aryl methyl sites for hydroxylation is 1. The first-order valence-electron chi connectivity index (χ1n) is 10.7. The van der Waals surface area contributed by atoms with Crippen molar-refractivity contribution >= 4 is 23.7 Å². The molecule has 4 rings (SSSR count). The van der Waals surface area contributed by atoms with E-state index in [-0.39, 0.29) is 18.2 Å². The van der Waals surface area contributed by atoms with Gasteiger partial charge in [0.1, 0.15) is 18.5 Å². The summed E-state index contributed by atoms with van der Waals surface area (Å²) in [5, 5.41) is 13.9. The van der Waals surface area contributed by atoms with E-state index in [0.717, 1.165) is 28.3 Å². The zero-order valence-corrected chi connectivity index (χ0v) is 18.4. The molecule has 3 N–H and O–H groups in total. The lowest BCUT2D eigenvalue weighted by atomic mass is 9.98. The highest BCUT2D eigenvalue weighted by molar-refractivity contribution is 5.98. The first-order valence-corrected chi connectivity index (χ1v) is 10.7. The van der Waals surface area contributed by atoms with Crippen molar-refractivity contribution in [1.29, 1.82) is 0 Å². The second kappa shape index (κ2) is 9.74. The molecule has 8 heteroatoms. The van der Waals surface area contributed by atoms with Crippen LogP contribution in [0.2, 0.25) is 0 Å². The van der Waals surface area contributed by atoms with Crippen molar-refractivity contribution in [2.45, 2.75) is 25.3 Å². The standard InChI is InChI=1S/C26H23FN2O5/c1-15-10-11-16(12-22(15)27)28-25(32)23(13-24(30)31)29-26(33)34-14-21-19-8-4-2-6-17(19)18-7-3-5-9-20(18)21/h2-12,21,23H,13-14H2,1H3,(H,28,32)(H,29,33)(H,30,31). The molecule has 1 aliphatic carbocycles. The van der Waals surface area contributed by atoms with Gasteiger partial charge in [0, 0.05) is 11.6 Å². The highest BCUT2D eigenvalue weighted by Crippen LogP contribution is 2.44. The van der Waals surface area contributed by atoms with Crippen LogP contribution in [-0.2, 0) is 14.3 Å². The smallest absolute Gasteiger partial charge is 0.407 e. The fourth-order valence-electron chi connectivity index (χ4n) is 4.07. The Hall–Kier alpha value is -4.20. The first-order chi connectivity index (χ1) is 16.3. The molecule has 34 heavy (non-hydrogen) atoms. The van der Waals surface area contributed by atoms with Gasteiger partial charge < -0.3 is 20.5 Å². The number of rotatable bonds is 7. The van der Waals surface area contributed by atoms with Crippen LogP contribution >= 0.6 is 0 Å². The zero-order chi connectivity index (χ0) is 24.2. The zero-order valence-electron chi connectivity index (χ0n) is 18.4. The average molecular weight is 462 g/mol. The first kappa shape index (κ1) is 23.0. The van der Waals surface area contributed by atoms with E-state index in [1.807, 2.05) is 48.5 Å². The molecule has 0 aliphatic heterocycles. The molecule has 0 spiro atoms. The van der Waals surface area contributed by atoms with Crippen LogP contribution in [0.4, 0.5) is 14.9 Å². The van der Waals surface area contributed by atoms with Gasteiger partial charge in [0.05, 0.1) is 6.42 Å². The summed E-state index contributed by atoms with van der Waals surface area (Å²) in [6.45, 7) is 1.59. The molecular weight excluding hydrogens is 439 g/mol. The topological polar surface area (TPSA) is 105 Å². The lowest BCUT2D eigenvalue weighted by Crippen LogP contribution is -2.45. The van der Waals surface area contributed by atoms with E-state index in [1.54, 1.807) is 6.92 Å². The largest absolute Gasteiger partial charge is 0.481 e. The highest BCUT2D eigenvalue weighted by atomic mass is 19.1. The fraction of sp³-hybridized carbons (Fsp3) is 0.192. The Bertz CT molecular complexity index is 1210. The predicted octanol–water partition coefficient (Wildman–Crippen LogP) is 4.45. The molecule has 1 atom stereocenters. The number of anilines is 1. The molecule has 3 aromatic carbocycles. The van der Waals surface area contributed by atoms with Gasteiger partial charge in [0.15, 0.2) is 0 Å². The van der Waals surface area contributed by atoms with Gasteiger partial charge in [-0.2, -0.15) is 0 Å². The molecule has 174 valence electrons. The lowest BCUT2D eigenvalue weighted by molar-refractivity contribution is -0.139. The molecule has 0 fully saturated rings. The molecule has 7 nitrogen and oxygen atoms in total. The molecule has 1 unspecified atom stereocenters. The van der Waals surface area contributed by atoms with Gasteiger partial charge in [0.2, 0.25) is 5.91 Å². The number of carboxylic acids is 1. The number of aliphatic carboxylic acids is 1. The Kier molecular flexibility index (Phi) is 6.58. The summed E-state index contributed by atoms with van der Waals surface area (Å²) < 4.78 is 19.2. The van der Waals surface area contributed by atoms with Gasteiger partial charge in [-0.25, -0.2) is 9.18 Å². The molecular formula is C26H23FN2O5. The number of amides is 2. The summed E-state index contributed by atoms with van der Waals surface area (Å²) in [6, 6.07) is 18.4. The van der Waals surface area contributed by atoms with E-state index in [2.05, 4.69) is 10.6 Å². The molecule has 0 heterocycles. The quantitative estimate of drug-likeness (QED) is 0.481. The number of hydrogen-bond donors (Lipinski definition) is 3. The maximum atomic E-state index is 13.8. The van der Waals surface area contributed by atoms with Crippen molar-refractivity contribution in [2.75, 3.05) is 11.9 Å². The monoisotopic (exact) mass is 462 g/mol. The van der Waals surface area contributed by atoms with Crippen LogP contribution in [0.3, 0.4) is 0 Å². The number of carboxylic acid groups (broad SMARTS) is 1. The molecule has 3 aromatic rings. The van der Waals surface area contributed by atoms with Crippen molar-refractivity contribution in [3.63, 3.8) is 0 Å². The average Bonchev–Trinajstić information content (AvgIpc) is 3.13. The number of alkyl carbamates (subject to hydrolysis) is 1. The van der Waals surface area contributed by atoms with E-state index in [4.69, 9.17) is 4.74 Å². The third-order valence-electron chi connectivity index (χ3n) is 5.77. The van der Waals surface area contributed by atoms with Crippen LogP contribution in [0.5, 0.6) is 0 Å². The van der Waals surface area contributed by atoms with Crippen LogP contribution in [0.1, 0.15) is 29.0 Å². The predicted molar refractivity (Wildman–Crippen MR) is 124 cm³/mol. The van der Waals surface area contributed by atoms with Gasteiger partial charge in [-0.3, -0.25) is 9.59 Å². The van der Waals surface area contributed by atoms with Gasteiger partial charge >= 0.3 is 12.1 Å². The second-order valence-electron chi connectivity index (χ2n) is 8.07. The normalized spacial score (nSPS) is 12.9. The van der Waals surface area contributed by atoms with E-state index in [1.165, 1.54) is 12.1 Å². The number of ether oxygens (including phenoxy) is 1. The molecule has 0 bridgehead atoms. The summed E-state index contributed by atoms with van der Waals surface area (Å²) >= 11 is 0. The van der Waals surface area contributed by atoms with Gasteiger partial charge in [-0.15, -0.1) is 0 Å². The van der Waals surface area contributed by atoms with Crippen molar-refractivity contribution in [3.8, 4) is 11.1 Å². The van der Waals surface area contributed by atoms with E-state index < -0.39 is 36.2 Å². The van der Waals surface area contributed by atoms with Gasteiger partial charge in [-0.1, -0.05) is 54.6 Å². The minimum atomic E-state index is -1.41. The Morgan fingerprint density at radius 2 is 1.62 bits per heavy atom. The Balaban J connectivity index is 1.43. The molecule has 0 saturated carbocycles. The molecule has 2 amide bonds. The summed E-state index contributed by atoms with van der Waals surface area (Å²) in [4.78, 5) is 36.4. The van der Waals surface area contributed by atoms with E-state index >= 15 is 0 Å². The lowest BCUT2D eigenvalue weighted by Gasteiger charge is -2.19. The van der Waals surface area contributed by atoms with Crippen molar-refractivity contribution in [2.24, 2.45) is 0 Å².